The summed E-state index contributed by atoms with van der Waals surface area (Å²) in [6.07, 6.45) is 4.50. The van der Waals surface area contributed by atoms with Crippen molar-refractivity contribution in [2.45, 2.75) is 44.2 Å². The minimum Gasteiger partial charge on any atom is -0.378 e. The fourth-order valence-corrected chi connectivity index (χ4v) is 2.51. The molecule has 1 aromatic carbocycles. The van der Waals surface area contributed by atoms with Gasteiger partial charge in [0.1, 0.15) is 0 Å². The Morgan fingerprint density at radius 3 is 2.41 bits per heavy atom. The van der Waals surface area contributed by atoms with Crippen LogP contribution in [0.2, 0.25) is 0 Å². The van der Waals surface area contributed by atoms with Crippen molar-refractivity contribution in [3.63, 3.8) is 0 Å². The normalized spacial score (nSPS) is 19.7. The summed E-state index contributed by atoms with van der Waals surface area (Å²) in [7, 11) is 1.81. The molecule has 0 amide bonds. The molecular weight excluding hydrogens is 212 g/mol. The fourth-order valence-electron chi connectivity index (χ4n) is 2.51. The zero-order chi connectivity index (χ0) is 12.3. The predicted molar refractivity (Wildman–Crippen MR) is 69.5 cm³/mol. The van der Waals surface area contributed by atoms with E-state index in [0.717, 1.165) is 19.3 Å². The van der Waals surface area contributed by atoms with Crippen LogP contribution >= 0.6 is 0 Å². The number of ether oxygens (including phenoxy) is 1. The molecule has 1 atom stereocenters. The number of rotatable bonds is 5. The van der Waals surface area contributed by atoms with E-state index in [1.807, 2.05) is 7.11 Å². The molecule has 1 fully saturated rings. The maximum Gasteiger partial charge on any atom is 0.0697 e. The third-order valence-electron chi connectivity index (χ3n) is 3.95. The average Bonchev–Trinajstić information content (AvgIpc) is 2.30. The van der Waals surface area contributed by atoms with E-state index in [0.29, 0.717) is 0 Å². The average molecular weight is 234 g/mol. The van der Waals surface area contributed by atoms with Crippen molar-refractivity contribution in [2.75, 3.05) is 7.11 Å². The van der Waals surface area contributed by atoms with E-state index in [1.54, 1.807) is 0 Å². The maximum absolute atomic E-state index is 5.68. The first kappa shape index (κ1) is 12.6. The van der Waals surface area contributed by atoms with Gasteiger partial charge in [0.15, 0.2) is 0 Å². The van der Waals surface area contributed by atoms with Crippen LogP contribution in [0.15, 0.2) is 24.3 Å². The molecule has 1 unspecified atom stereocenters. The van der Waals surface area contributed by atoms with Crippen molar-refractivity contribution in [1.82, 2.24) is 5.43 Å². The molecule has 0 radical (unpaired) electrons. The Morgan fingerprint density at radius 2 is 2.00 bits per heavy atom. The van der Waals surface area contributed by atoms with E-state index in [9.17, 15) is 0 Å². The minimum absolute atomic E-state index is 0.0436. The molecule has 17 heavy (non-hydrogen) atoms. The Bertz CT molecular complexity index is 351. The number of hydrogen-bond acceptors (Lipinski definition) is 3. The molecule has 1 saturated carbocycles. The number of hydrogen-bond donors (Lipinski definition) is 2. The van der Waals surface area contributed by atoms with Gasteiger partial charge in [-0.2, -0.15) is 0 Å². The fraction of sp³-hybridized carbons (Fsp3) is 0.571. The Kier molecular flexibility index (Phi) is 3.82. The molecule has 2 rings (SSSR count). The van der Waals surface area contributed by atoms with Crippen LogP contribution < -0.4 is 11.3 Å². The van der Waals surface area contributed by atoms with Gasteiger partial charge in [0.2, 0.25) is 0 Å². The lowest BCUT2D eigenvalue weighted by Gasteiger charge is -2.42. The molecule has 0 aliphatic heterocycles. The summed E-state index contributed by atoms with van der Waals surface area (Å²) in [6, 6.07) is 8.71. The summed E-state index contributed by atoms with van der Waals surface area (Å²) >= 11 is 0. The van der Waals surface area contributed by atoms with Crippen molar-refractivity contribution in [1.29, 1.82) is 0 Å². The number of aryl methyl sites for hydroxylation is 1. The van der Waals surface area contributed by atoms with Crippen molar-refractivity contribution >= 4 is 0 Å². The molecular formula is C14H22N2O. The number of nitrogens with one attached hydrogen (secondary N) is 1. The second kappa shape index (κ2) is 5.17. The third-order valence-corrected chi connectivity index (χ3v) is 3.95. The highest BCUT2D eigenvalue weighted by atomic mass is 16.5. The molecule has 1 aliphatic carbocycles. The molecule has 0 spiro atoms. The van der Waals surface area contributed by atoms with Gasteiger partial charge in [-0.1, -0.05) is 29.8 Å². The second-order valence-corrected chi connectivity index (χ2v) is 5.07. The quantitative estimate of drug-likeness (QED) is 0.607. The Morgan fingerprint density at radius 1 is 1.35 bits per heavy atom. The lowest BCUT2D eigenvalue weighted by Crippen LogP contribution is -2.44. The summed E-state index contributed by atoms with van der Waals surface area (Å²) in [4.78, 5) is 0. The highest BCUT2D eigenvalue weighted by Crippen LogP contribution is 2.41. The number of nitrogens with two attached hydrogens (primary N) is 1. The maximum atomic E-state index is 5.68. The summed E-state index contributed by atoms with van der Waals surface area (Å²) in [5.74, 6) is 5.68. The van der Waals surface area contributed by atoms with Gasteiger partial charge in [-0.05, 0) is 38.2 Å². The van der Waals surface area contributed by atoms with Crippen molar-refractivity contribution in [3.8, 4) is 0 Å². The Hall–Kier alpha value is -0.900. The Balaban J connectivity index is 2.08. The lowest BCUT2D eigenvalue weighted by atomic mass is 9.75. The largest absolute Gasteiger partial charge is 0.378 e. The van der Waals surface area contributed by atoms with E-state index in [1.165, 1.54) is 17.5 Å². The van der Waals surface area contributed by atoms with Crippen LogP contribution in [0.4, 0.5) is 0 Å². The summed E-state index contributed by atoms with van der Waals surface area (Å²) in [5.41, 5.74) is 5.47. The van der Waals surface area contributed by atoms with Crippen molar-refractivity contribution in [2.24, 2.45) is 5.84 Å². The van der Waals surface area contributed by atoms with Crippen LogP contribution in [0.3, 0.4) is 0 Å². The van der Waals surface area contributed by atoms with Crippen LogP contribution in [0, 0.1) is 6.92 Å². The topological polar surface area (TPSA) is 47.3 Å². The lowest BCUT2D eigenvalue weighted by molar-refractivity contribution is -0.0838. The van der Waals surface area contributed by atoms with Gasteiger partial charge in [0, 0.05) is 13.2 Å². The first-order chi connectivity index (χ1) is 8.19. The predicted octanol–water partition coefficient (Wildman–Crippen LogP) is 2.46. The first-order valence-electron chi connectivity index (χ1n) is 6.27. The van der Waals surface area contributed by atoms with E-state index in [4.69, 9.17) is 10.6 Å². The van der Waals surface area contributed by atoms with Gasteiger partial charge in [-0.15, -0.1) is 0 Å². The van der Waals surface area contributed by atoms with Crippen LogP contribution in [-0.2, 0) is 4.74 Å². The second-order valence-electron chi connectivity index (χ2n) is 5.07. The third kappa shape index (κ3) is 2.68. The van der Waals surface area contributed by atoms with Gasteiger partial charge in [0.05, 0.1) is 5.60 Å². The van der Waals surface area contributed by atoms with E-state index in [-0.39, 0.29) is 11.6 Å². The zero-order valence-corrected chi connectivity index (χ0v) is 10.7. The summed E-state index contributed by atoms with van der Waals surface area (Å²) in [5, 5.41) is 0. The van der Waals surface area contributed by atoms with Crippen LogP contribution in [0.1, 0.15) is 42.9 Å². The molecule has 0 aromatic heterocycles. The molecule has 0 heterocycles. The molecule has 3 heteroatoms. The summed E-state index contributed by atoms with van der Waals surface area (Å²) in [6.45, 7) is 2.09. The van der Waals surface area contributed by atoms with E-state index in [2.05, 4.69) is 36.6 Å². The molecule has 1 aliphatic rings. The molecule has 1 aromatic rings. The Labute approximate surface area is 103 Å². The molecule has 0 bridgehead atoms. The van der Waals surface area contributed by atoms with Crippen molar-refractivity contribution in [3.05, 3.63) is 35.4 Å². The van der Waals surface area contributed by atoms with Gasteiger partial charge < -0.3 is 4.74 Å². The minimum atomic E-state index is 0.0436. The monoisotopic (exact) mass is 234 g/mol. The number of hydrazine groups is 1. The van der Waals surface area contributed by atoms with Crippen molar-refractivity contribution < 1.29 is 4.74 Å². The van der Waals surface area contributed by atoms with Gasteiger partial charge in [0.25, 0.3) is 0 Å². The zero-order valence-electron chi connectivity index (χ0n) is 10.7. The summed E-state index contributed by atoms with van der Waals surface area (Å²) < 4.78 is 5.66. The standard InChI is InChI=1S/C14H22N2O/c1-11-4-6-12(7-5-11)13(16-15)10-14(17-2)8-3-9-14/h4-7,13,16H,3,8-10,15H2,1-2H3. The molecule has 3 N–H and O–H groups in total. The first-order valence-corrected chi connectivity index (χ1v) is 6.27. The number of benzene rings is 1. The van der Waals surface area contributed by atoms with Gasteiger partial charge in [-0.3, -0.25) is 11.3 Å². The van der Waals surface area contributed by atoms with E-state index < -0.39 is 0 Å². The highest BCUT2D eigenvalue weighted by molar-refractivity contribution is 5.24. The smallest absolute Gasteiger partial charge is 0.0697 e. The molecule has 0 saturated heterocycles. The van der Waals surface area contributed by atoms with Crippen LogP contribution in [0.25, 0.3) is 0 Å². The van der Waals surface area contributed by atoms with Crippen LogP contribution in [0.5, 0.6) is 0 Å². The number of methoxy groups -OCH3 is 1. The van der Waals surface area contributed by atoms with Gasteiger partial charge in [-0.25, -0.2) is 0 Å². The SMILES string of the molecule is COC1(CC(NN)c2ccc(C)cc2)CCC1. The van der Waals surface area contributed by atoms with Crippen LogP contribution in [-0.4, -0.2) is 12.7 Å². The van der Waals surface area contributed by atoms with E-state index >= 15 is 0 Å². The molecule has 3 nitrogen and oxygen atoms in total. The highest BCUT2D eigenvalue weighted by Gasteiger charge is 2.39. The van der Waals surface area contributed by atoms with Gasteiger partial charge >= 0.3 is 0 Å². The molecule has 94 valence electrons.